The van der Waals surface area contributed by atoms with Gasteiger partial charge in [-0.2, -0.15) is 0 Å². The van der Waals surface area contributed by atoms with Gasteiger partial charge in [-0.25, -0.2) is 0 Å². The average molecular weight is 601 g/mol. The summed E-state index contributed by atoms with van der Waals surface area (Å²) >= 11 is 0. The van der Waals surface area contributed by atoms with Gasteiger partial charge < -0.3 is 4.42 Å². The van der Waals surface area contributed by atoms with E-state index in [4.69, 9.17) is 29.1 Å². The van der Waals surface area contributed by atoms with E-state index >= 15 is 0 Å². The van der Waals surface area contributed by atoms with Crippen LogP contribution in [0.2, 0.25) is 0 Å². The first-order valence-corrected chi connectivity index (χ1v) is 13.2. The molecule has 1 heterocycles. The molecule has 0 radical (unpaired) electrons. The van der Waals surface area contributed by atoms with Gasteiger partial charge in [-0.15, -0.1) is 0 Å². The summed E-state index contributed by atoms with van der Waals surface area (Å²) < 4.78 is 256. The first kappa shape index (κ1) is 10.1. The summed E-state index contributed by atoms with van der Waals surface area (Å²) in [4.78, 5) is 0. The smallest absolute Gasteiger partial charge is 0.136 e. The number of fused-ring (bicyclic) bond motifs is 5. The molecule has 45 heavy (non-hydrogen) atoms. The van der Waals surface area contributed by atoms with E-state index in [9.17, 15) is 13.7 Å². The maximum Gasteiger partial charge on any atom is 0.136 e. The Hall–Kier alpha value is -5.92. The van der Waals surface area contributed by atoms with Crippen molar-refractivity contribution in [3.8, 4) is 44.5 Å². The standard InChI is InChI=1S/C44H28O/c1-3-13-29(14-4-1)31-23-25-32(26-24-31)42-34-17-7-9-19-36(34)43(37-20-10-8-18-35(37)42)39-27-33(30-15-5-2-6-16-30)28-41-44(39)38-21-11-12-22-40(38)45-41/h1-28H/i1D,2D,3D,4D,5D,6D,7D,8D,9D,10D,11D,12D,13D,14D,15D,16D,17D,18D,19D,20D,21D,22D,23D,24D,25D,26D,27D,28D. The van der Waals surface area contributed by atoms with Crippen molar-refractivity contribution in [1.82, 2.24) is 0 Å². The highest BCUT2D eigenvalue weighted by atomic mass is 16.3. The molecule has 0 aliphatic heterocycles. The zero-order valence-electron chi connectivity index (χ0n) is 50.4. The van der Waals surface area contributed by atoms with Crippen molar-refractivity contribution in [1.29, 1.82) is 0 Å². The lowest BCUT2D eigenvalue weighted by atomic mass is 9.84. The predicted octanol–water partition coefficient (Wildman–Crippen LogP) is 12.6. The lowest BCUT2D eigenvalue weighted by Crippen LogP contribution is -1.92. The third-order valence-electron chi connectivity index (χ3n) is 7.07. The van der Waals surface area contributed by atoms with Gasteiger partial charge in [0, 0.05) is 10.8 Å². The second-order valence-corrected chi connectivity index (χ2v) is 9.51. The van der Waals surface area contributed by atoms with E-state index < -0.39 is 257 Å². The van der Waals surface area contributed by atoms with E-state index in [-0.39, 0.29) is 0 Å². The molecule has 0 bridgehead atoms. The molecule has 9 aromatic rings. The summed E-state index contributed by atoms with van der Waals surface area (Å²) in [5.74, 6) is 0. The van der Waals surface area contributed by atoms with Crippen LogP contribution in [0.3, 0.4) is 0 Å². The molecule has 210 valence electrons. The number of hydrogen-bond acceptors (Lipinski definition) is 1. The fourth-order valence-electron chi connectivity index (χ4n) is 5.23. The van der Waals surface area contributed by atoms with Crippen LogP contribution >= 0.6 is 0 Å². The highest BCUT2D eigenvalue weighted by molar-refractivity contribution is 6.26. The molecule has 0 fully saturated rings. The molecule has 8 aromatic carbocycles. The summed E-state index contributed by atoms with van der Waals surface area (Å²) in [6, 6.07) is -27.2. The first-order valence-electron chi connectivity index (χ1n) is 27.2. The van der Waals surface area contributed by atoms with Gasteiger partial charge in [0.15, 0.2) is 0 Å². The van der Waals surface area contributed by atoms with Crippen LogP contribution in [0.5, 0.6) is 0 Å². The highest BCUT2D eigenvalue weighted by Gasteiger charge is 2.21. The van der Waals surface area contributed by atoms with Crippen LogP contribution in [0.1, 0.15) is 38.4 Å². The van der Waals surface area contributed by atoms with Crippen LogP contribution in [0.15, 0.2) is 174 Å². The van der Waals surface area contributed by atoms with Gasteiger partial charge >= 0.3 is 0 Å². The minimum atomic E-state index is -1.10. The summed E-state index contributed by atoms with van der Waals surface area (Å²) in [6.45, 7) is 0. The zero-order valence-corrected chi connectivity index (χ0v) is 22.4. The fourth-order valence-corrected chi connectivity index (χ4v) is 5.23. The second kappa shape index (κ2) is 10.4. The van der Waals surface area contributed by atoms with Gasteiger partial charge in [0.2, 0.25) is 0 Å². The number of rotatable bonds is 4. The Labute approximate surface area is 301 Å². The Bertz CT molecular complexity index is 3950. The van der Waals surface area contributed by atoms with Crippen LogP contribution < -0.4 is 0 Å². The van der Waals surface area contributed by atoms with Crippen molar-refractivity contribution in [3.05, 3.63) is 169 Å². The minimum absolute atomic E-state index is 0.569. The Kier molecular flexibility index (Phi) is 2.32. The van der Waals surface area contributed by atoms with E-state index in [2.05, 4.69) is 0 Å². The highest BCUT2D eigenvalue weighted by Crippen LogP contribution is 2.48. The molecule has 1 nitrogen and oxygen atoms in total. The molecule has 0 spiro atoms. The van der Waals surface area contributed by atoms with Crippen molar-refractivity contribution in [2.24, 2.45) is 0 Å². The Morgan fingerprint density at radius 3 is 1.38 bits per heavy atom. The van der Waals surface area contributed by atoms with E-state index in [0.717, 1.165) is 0 Å². The number of hydrogen-bond donors (Lipinski definition) is 0. The Morgan fingerprint density at radius 1 is 0.333 bits per heavy atom. The van der Waals surface area contributed by atoms with Crippen LogP contribution in [0, 0.1) is 0 Å². The molecule has 0 amide bonds. The van der Waals surface area contributed by atoms with Gasteiger partial charge in [-0.1, -0.05) is 151 Å². The van der Waals surface area contributed by atoms with E-state index in [0.29, 0.717) is 0 Å². The largest absolute Gasteiger partial charge is 0.456 e. The van der Waals surface area contributed by atoms with Crippen molar-refractivity contribution >= 4 is 43.5 Å². The zero-order chi connectivity index (χ0) is 54.1. The SMILES string of the molecule is [2H]c1c([2H])c([2H])c(-c2c([2H])c([2H])c(-c3c4c([2H])c([2H])c([2H])c([2H])c4c(-c4c([2H])c(-c5c([2H])c([2H])c([2H])c([2H])c5[2H])c([2H])c5oc6c([2H])c([2H])c([2H])c([2H])c6c45)c4c([2H])c([2H])c([2H])c([2H])c34)c([2H])c2[2H])c([2H])c1[2H]. The van der Waals surface area contributed by atoms with Gasteiger partial charge in [-0.05, 0) is 84.2 Å². The van der Waals surface area contributed by atoms with Crippen LogP contribution in [-0.4, -0.2) is 0 Å². The lowest BCUT2D eigenvalue weighted by molar-refractivity contribution is 0.669. The average Bonchev–Trinajstić information content (AvgIpc) is 3.76. The predicted molar refractivity (Wildman–Crippen MR) is 190 cm³/mol. The van der Waals surface area contributed by atoms with Gasteiger partial charge in [0.05, 0.1) is 38.4 Å². The summed E-state index contributed by atoms with van der Waals surface area (Å²) in [5, 5.41) is -4.34. The molecule has 0 aliphatic rings. The second-order valence-electron chi connectivity index (χ2n) is 9.51. The van der Waals surface area contributed by atoms with Crippen molar-refractivity contribution in [2.75, 3.05) is 0 Å². The summed E-state index contributed by atoms with van der Waals surface area (Å²) in [6.07, 6.45) is 0. The third kappa shape index (κ3) is 4.17. The number of para-hydroxylation sites is 1. The normalized spacial score (nSPS) is 20.3. The van der Waals surface area contributed by atoms with Gasteiger partial charge in [0.1, 0.15) is 11.2 Å². The van der Waals surface area contributed by atoms with Gasteiger partial charge in [0.25, 0.3) is 0 Å². The third-order valence-corrected chi connectivity index (χ3v) is 7.07. The van der Waals surface area contributed by atoms with E-state index in [1.165, 1.54) is 0 Å². The van der Waals surface area contributed by atoms with E-state index in [1.54, 1.807) is 0 Å². The number of furan rings is 1. The molecule has 0 N–H and O–H groups in total. The quantitative estimate of drug-likeness (QED) is 0.183. The molecule has 0 unspecified atom stereocenters. The lowest BCUT2D eigenvalue weighted by Gasteiger charge is -2.19. The van der Waals surface area contributed by atoms with Crippen LogP contribution in [-0.2, 0) is 0 Å². The Balaban J connectivity index is 1.65. The molecule has 9 rings (SSSR count). The monoisotopic (exact) mass is 600 g/mol. The van der Waals surface area contributed by atoms with Crippen molar-refractivity contribution in [2.45, 2.75) is 0 Å². The van der Waals surface area contributed by atoms with Crippen molar-refractivity contribution in [3.63, 3.8) is 0 Å². The van der Waals surface area contributed by atoms with Gasteiger partial charge in [-0.3, -0.25) is 0 Å². The molecule has 1 aromatic heterocycles. The topological polar surface area (TPSA) is 13.1 Å². The molecule has 0 aliphatic carbocycles. The molecule has 0 saturated heterocycles. The Morgan fingerprint density at radius 2 is 0.778 bits per heavy atom. The maximum atomic E-state index is 10.0. The van der Waals surface area contributed by atoms with Crippen molar-refractivity contribution < 1.29 is 42.8 Å². The molecular formula is C44H28O. The summed E-state index contributed by atoms with van der Waals surface area (Å²) in [7, 11) is 0. The molecule has 0 saturated carbocycles. The maximum absolute atomic E-state index is 10.0. The molecule has 0 atom stereocenters. The van der Waals surface area contributed by atoms with Crippen LogP contribution in [0.4, 0.5) is 0 Å². The minimum Gasteiger partial charge on any atom is -0.456 e. The molecule has 1 heteroatoms. The van der Waals surface area contributed by atoms with E-state index in [1.807, 2.05) is 0 Å². The molecular weight excluding hydrogens is 544 g/mol. The summed E-state index contributed by atoms with van der Waals surface area (Å²) in [5.41, 5.74) is -7.82. The number of benzene rings is 8. The van der Waals surface area contributed by atoms with Crippen LogP contribution in [0.25, 0.3) is 88.0 Å². The first-order chi connectivity index (χ1) is 34.0. The fraction of sp³-hybridized carbons (Fsp3) is 0.